The molecule has 2 aromatic heterocycles. The lowest BCUT2D eigenvalue weighted by molar-refractivity contribution is -0.0333. The molecule has 178 valence electrons. The second-order valence-corrected chi connectivity index (χ2v) is 8.96. The molecule has 0 aliphatic heterocycles. The summed E-state index contributed by atoms with van der Waals surface area (Å²) in [6.45, 7) is 5.29. The Labute approximate surface area is 194 Å². The van der Waals surface area contributed by atoms with Crippen molar-refractivity contribution in [1.82, 2.24) is 15.0 Å². The summed E-state index contributed by atoms with van der Waals surface area (Å²) in [6.07, 6.45) is -5.68. The molecule has 0 spiro atoms. The van der Waals surface area contributed by atoms with Crippen LogP contribution >= 0.6 is 11.3 Å². The smallest absolute Gasteiger partial charge is 0.244 e. The van der Waals surface area contributed by atoms with E-state index in [9.17, 15) is 19.0 Å². The van der Waals surface area contributed by atoms with Crippen molar-refractivity contribution in [3.05, 3.63) is 30.0 Å². The van der Waals surface area contributed by atoms with E-state index in [-0.39, 0.29) is 6.42 Å². The van der Waals surface area contributed by atoms with Crippen LogP contribution < -0.4 is 10.6 Å². The Kier molecular flexibility index (Phi) is 7.32. The van der Waals surface area contributed by atoms with Gasteiger partial charge >= 0.3 is 0 Å². The average molecular weight is 480 g/mol. The number of hydrogen-bond donors (Lipinski definition) is 4. The number of aromatic nitrogens is 3. The van der Waals surface area contributed by atoms with E-state index in [1.54, 1.807) is 0 Å². The third-order valence-corrected chi connectivity index (χ3v) is 6.76. The van der Waals surface area contributed by atoms with Gasteiger partial charge in [-0.1, -0.05) is 12.1 Å². The van der Waals surface area contributed by atoms with Gasteiger partial charge < -0.3 is 25.6 Å². The highest BCUT2D eigenvalue weighted by molar-refractivity contribution is 7.21. The summed E-state index contributed by atoms with van der Waals surface area (Å²) >= 11 is 1.47. The van der Waals surface area contributed by atoms with E-state index in [2.05, 4.69) is 20.6 Å². The number of aryl methyl sites for hydroxylation is 1. The minimum atomic E-state index is -2.73. The molecule has 4 N–H and O–H groups in total. The van der Waals surface area contributed by atoms with Gasteiger partial charge in [0.15, 0.2) is 0 Å². The van der Waals surface area contributed by atoms with E-state index < -0.39 is 30.6 Å². The van der Waals surface area contributed by atoms with E-state index in [1.807, 2.05) is 38.1 Å². The summed E-state index contributed by atoms with van der Waals surface area (Å²) in [4.78, 5) is 13.8. The maximum atomic E-state index is 13.3. The number of halogens is 2. The SMILES string of the molecule is CCOCCNc1nc(C)c(-c2nc3ccccc3s2)c(N[C@@H]2C[C@H](C(F)F)[C@@H](O)[C@H]2O)n1. The lowest BCUT2D eigenvalue weighted by atomic mass is 10.1. The zero-order chi connectivity index (χ0) is 23.5. The summed E-state index contributed by atoms with van der Waals surface area (Å²) in [7, 11) is 0. The van der Waals surface area contributed by atoms with Crippen LogP contribution in [0.2, 0.25) is 0 Å². The van der Waals surface area contributed by atoms with Crippen molar-refractivity contribution in [2.24, 2.45) is 5.92 Å². The first-order chi connectivity index (χ1) is 15.9. The molecule has 0 saturated heterocycles. The number of para-hydroxylation sites is 1. The van der Waals surface area contributed by atoms with Crippen LogP contribution in [0.5, 0.6) is 0 Å². The number of nitrogens with zero attached hydrogens (tertiary/aromatic N) is 3. The molecule has 1 fully saturated rings. The zero-order valence-corrected chi connectivity index (χ0v) is 19.1. The molecule has 1 saturated carbocycles. The molecule has 1 aliphatic rings. The van der Waals surface area contributed by atoms with Crippen molar-refractivity contribution >= 4 is 33.3 Å². The number of hydrogen-bond acceptors (Lipinski definition) is 9. The third kappa shape index (κ3) is 5.06. The molecule has 33 heavy (non-hydrogen) atoms. The van der Waals surface area contributed by atoms with Crippen molar-refractivity contribution in [1.29, 1.82) is 0 Å². The maximum Gasteiger partial charge on any atom is 0.244 e. The zero-order valence-electron chi connectivity index (χ0n) is 18.3. The summed E-state index contributed by atoms with van der Waals surface area (Å²) in [6, 6.07) is 6.91. The van der Waals surface area contributed by atoms with Gasteiger partial charge in [0.2, 0.25) is 12.4 Å². The minimum absolute atomic E-state index is 0.0879. The van der Waals surface area contributed by atoms with Crippen LogP contribution in [-0.4, -0.2) is 69.6 Å². The number of aliphatic hydroxyl groups excluding tert-OH is 2. The first-order valence-electron chi connectivity index (χ1n) is 10.9. The lowest BCUT2D eigenvalue weighted by Crippen LogP contribution is -2.36. The fraction of sp³-hybridized carbons (Fsp3) is 0.500. The Morgan fingerprint density at radius 1 is 1.18 bits per heavy atom. The summed E-state index contributed by atoms with van der Waals surface area (Å²) in [5, 5.41) is 27.4. The summed E-state index contributed by atoms with van der Waals surface area (Å²) in [5.74, 6) is -0.597. The van der Waals surface area contributed by atoms with Crippen molar-refractivity contribution in [2.75, 3.05) is 30.4 Å². The van der Waals surface area contributed by atoms with E-state index in [4.69, 9.17) is 9.72 Å². The van der Waals surface area contributed by atoms with E-state index in [0.29, 0.717) is 47.8 Å². The Balaban J connectivity index is 1.69. The lowest BCUT2D eigenvalue weighted by Gasteiger charge is -2.21. The fourth-order valence-corrected chi connectivity index (χ4v) is 5.07. The summed E-state index contributed by atoms with van der Waals surface area (Å²) < 4.78 is 33.0. The van der Waals surface area contributed by atoms with Crippen LogP contribution in [0.3, 0.4) is 0 Å². The fourth-order valence-electron chi connectivity index (χ4n) is 4.01. The van der Waals surface area contributed by atoms with Crippen LogP contribution in [0.15, 0.2) is 24.3 Å². The van der Waals surface area contributed by atoms with Crippen LogP contribution in [-0.2, 0) is 4.74 Å². The molecule has 3 aromatic rings. The van der Waals surface area contributed by atoms with Crippen LogP contribution in [0, 0.1) is 12.8 Å². The van der Waals surface area contributed by atoms with Crippen LogP contribution in [0.1, 0.15) is 19.0 Å². The second kappa shape index (κ2) is 10.2. The average Bonchev–Trinajstić information content (AvgIpc) is 3.33. The van der Waals surface area contributed by atoms with Gasteiger partial charge in [-0.05, 0) is 32.4 Å². The molecule has 0 bridgehead atoms. The Hall–Kier alpha value is -2.47. The molecule has 1 aliphatic carbocycles. The van der Waals surface area contributed by atoms with E-state index in [1.165, 1.54) is 11.3 Å². The normalized spacial score (nSPS) is 22.9. The van der Waals surface area contributed by atoms with Crippen LogP contribution in [0.4, 0.5) is 20.5 Å². The van der Waals surface area contributed by atoms with Gasteiger partial charge in [-0.15, -0.1) is 11.3 Å². The van der Waals surface area contributed by atoms with Crippen molar-refractivity contribution in [2.45, 2.75) is 44.9 Å². The van der Waals surface area contributed by atoms with Crippen molar-refractivity contribution < 1.29 is 23.7 Å². The van der Waals surface area contributed by atoms with Gasteiger partial charge in [0.25, 0.3) is 0 Å². The molecule has 2 heterocycles. The highest BCUT2D eigenvalue weighted by atomic mass is 32.1. The van der Waals surface area contributed by atoms with Gasteiger partial charge in [-0.2, -0.15) is 4.98 Å². The molecule has 11 heteroatoms. The molecule has 8 nitrogen and oxygen atoms in total. The molecule has 4 atom stereocenters. The number of aliphatic hydroxyl groups is 2. The van der Waals surface area contributed by atoms with Crippen molar-refractivity contribution in [3.63, 3.8) is 0 Å². The first kappa shape index (κ1) is 23.7. The van der Waals surface area contributed by atoms with Gasteiger partial charge in [-0.25, -0.2) is 18.7 Å². The quantitative estimate of drug-likeness (QED) is 0.346. The first-order valence-corrected chi connectivity index (χ1v) is 11.7. The number of nitrogens with one attached hydrogen (secondary N) is 2. The maximum absolute atomic E-state index is 13.3. The van der Waals surface area contributed by atoms with Gasteiger partial charge in [0, 0.05) is 13.2 Å². The van der Waals surface area contributed by atoms with Crippen molar-refractivity contribution in [3.8, 4) is 10.6 Å². The standard InChI is InChI=1S/C22H27F2N5O3S/c1-3-32-9-8-25-22-26-11(2)16(21-28-13-6-4-5-7-15(13)33-21)20(29-22)27-14-10-12(19(23)24)17(30)18(14)31/h4-7,12,14,17-19,30-31H,3,8-10H2,1-2H3,(H2,25,26,27,29)/t12-,14+,17+,18-/m0/s1. The topological polar surface area (TPSA) is 112 Å². The minimum Gasteiger partial charge on any atom is -0.390 e. The molecular weight excluding hydrogens is 452 g/mol. The largest absolute Gasteiger partial charge is 0.390 e. The number of ether oxygens (including phenoxy) is 1. The Morgan fingerprint density at radius 3 is 2.67 bits per heavy atom. The molecule has 1 aromatic carbocycles. The number of thiazole rings is 1. The summed E-state index contributed by atoms with van der Waals surface area (Å²) in [5.41, 5.74) is 2.11. The number of fused-ring (bicyclic) bond motifs is 1. The number of anilines is 2. The number of rotatable bonds is 9. The molecule has 0 amide bonds. The Morgan fingerprint density at radius 2 is 1.97 bits per heavy atom. The number of alkyl halides is 2. The number of benzene rings is 1. The van der Waals surface area contributed by atoms with E-state index >= 15 is 0 Å². The predicted octanol–water partition coefficient (Wildman–Crippen LogP) is 3.30. The highest BCUT2D eigenvalue weighted by Crippen LogP contribution is 2.39. The van der Waals surface area contributed by atoms with Crippen LogP contribution in [0.25, 0.3) is 20.8 Å². The van der Waals surface area contributed by atoms with Gasteiger partial charge in [-0.3, -0.25) is 0 Å². The monoisotopic (exact) mass is 479 g/mol. The van der Waals surface area contributed by atoms with Gasteiger partial charge in [0.1, 0.15) is 16.9 Å². The highest BCUT2D eigenvalue weighted by Gasteiger charge is 2.46. The molecular formula is C22H27F2N5O3S. The molecule has 0 radical (unpaired) electrons. The predicted molar refractivity (Wildman–Crippen MR) is 124 cm³/mol. The molecule has 4 rings (SSSR count). The second-order valence-electron chi connectivity index (χ2n) is 7.93. The third-order valence-electron chi connectivity index (χ3n) is 5.70. The van der Waals surface area contributed by atoms with E-state index in [0.717, 1.165) is 10.2 Å². The molecule has 0 unspecified atom stereocenters. The Bertz CT molecular complexity index is 1070. The van der Waals surface area contributed by atoms with Gasteiger partial charge in [0.05, 0.1) is 46.1 Å².